The molecule has 2 amide bonds. The maximum atomic E-state index is 12.3. The number of thiophene rings is 1. The average Bonchev–Trinajstić information content (AvgIpc) is 3.41. The third kappa shape index (κ3) is 3.47. The van der Waals surface area contributed by atoms with Gasteiger partial charge in [-0.05, 0) is 18.2 Å². The molecular weight excluding hydrogens is 386 g/mol. The molecule has 1 unspecified atom stereocenters. The summed E-state index contributed by atoms with van der Waals surface area (Å²) < 4.78 is 5.48. The van der Waals surface area contributed by atoms with Crippen LogP contribution in [0.15, 0.2) is 46.9 Å². The van der Waals surface area contributed by atoms with E-state index in [1.807, 2.05) is 30.3 Å². The first-order chi connectivity index (χ1) is 13.5. The summed E-state index contributed by atoms with van der Waals surface area (Å²) in [5, 5.41) is 20.7. The molecule has 0 saturated carbocycles. The second kappa shape index (κ2) is 7.19. The average molecular weight is 399 g/mol. The van der Waals surface area contributed by atoms with Gasteiger partial charge < -0.3 is 9.32 Å². The highest BCUT2D eigenvalue weighted by Crippen LogP contribution is 2.31. The Morgan fingerprint density at radius 1 is 1.25 bits per heavy atom. The maximum Gasteiger partial charge on any atom is 0.324 e. The van der Waals surface area contributed by atoms with Gasteiger partial charge in [0.2, 0.25) is 11.8 Å². The summed E-state index contributed by atoms with van der Waals surface area (Å²) >= 11 is 0.746. The minimum atomic E-state index is -0.582. The molecule has 11 heteroatoms. The molecule has 0 spiro atoms. The van der Waals surface area contributed by atoms with E-state index >= 15 is 0 Å². The van der Waals surface area contributed by atoms with Crippen LogP contribution in [0.5, 0.6) is 0 Å². The van der Waals surface area contributed by atoms with Crippen LogP contribution in [0, 0.1) is 10.1 Å². The van der Waals surface area contributed by atoms with E-state index in [0.29, 0.717) is 6.54 Å². The normalized spacial score (nSPS) is 16.4. The Morgan fingerprint density at radius 3 is 2.75 bits per heavy atom. The minimum Gasteiger partial charge on any atom is -0.407 e. The number of para-hydroxylation sites is 1. The van der Waals surface area contributed by atoms with Crippen molar-refractivity contribution in [2.24, 2.45) is 0 Å². The minimum absolute atomic E-state index is 0.0501. The Bertz CT molecular complexity index is 1050. The van der Waals surface area contributed by atoms with Crippen molar-refractivity contribution in [3.05, 3.63) is 63.3 Å². The van der Waals surface area contributed by atoms with Gasteiger partial charge >= 0.3 is 11.0 Å². The van der Waals surface area contributed by atoms with E-state index in [0.717, 1.165) is 17.0 Å². The fraction of sp³-hybridized carbons (Fsp3) is 0.176. The van der Waals surface area contributed by atoms with Crippen LogP contribution in [0.4, 0.5) is 16.7 Å². The zero-order valence-electron chi connectivity index (χ0n) is 14.3. The van der Waals surface area contributed by atoms with Crippen LogP contribution in [-0.4, -0.2) is 33.5 Å². The van der Waals surface area contributed by atoms with Crippen LogP contribution < -0.4 is 10.2 Å². The lowest BCUT2D eigenvalue weighted by Gasteiger charge is -2.15. The molecule has 1 atom stereocenters. The van der Waals surface area contributed by atoms with E-state index in [1.54, 1.807) is 4.90 Å². The number of nitrogens with one attached hydrogen (secondary N) is 1. The van der Waals surface area contributed by atoms with Crippen molar-refractivity contribution in [3.8, 4) is 0 Å². The number of anilines is 2. The fourth-order valence-electron chi connectivity index (χ4n) is 2.89. The molecule has 3 heterocycles. The Hall–Kier alpha value is -3.60. The topological polar surface area (TPSA) is 131 Å². The van der Waals surface area contributed by atoms with Gasteiger partial charge in [0, 0.05) is 24.7 Å². The number of benzene rings is 1. The summed E-state index contributed by atoms with van der Waals surface area (Å²) in [5.74, 6) is -0.666. The Labute approximate surface area is 161 Å². The van der Waals surface area contributed by atoms with Gasteiger partial charge in [-0.2, -0.15) is 0 Å². The number of carbonyl (C=O) groups excluding carboxylic acids is 2. The van der Waals surface area contributed by atoms with Gasteiger partial charge in [-0.1, -0.05) is 34.6 Å². The molecule has 4 rings (SSSR count). The number of aromatic nitrogens is 2. The van der Waals surface area contributed by atoms with Crippen molar-refractivity contribution in [1.29, 1.82) is 0 Å². The summed E-state index contributed by atoms with van der Waals surface area (Å²) in [5.41, 5.74) is 0.794. The van der Waals surface area contributed by atoms with Gasteiger partial charge in [-0.25, -0.2) is 0 Å². The molecule has 1 aromatic carbocycles. The zero-order valence-corrected chi connectivity index (χ0v) is 15.1. The molecule has 1 N–H and O–H groups in total. The summed E-state index contributed by atoms with van der Waals surface area (Å²) in [6, 6.07) is 11.7. The van der Waals surface area contributed by atoms with Crippen LogP contribution in [-0.2, 0) is 4.79 Å². The van der Waals surface area contributed by atoms with Crippen LogP contribution in [0.3, 0.4) is 0 Å². The Morgan fingerprint density at radius 2 is 2.04 bits per heavy atom. The van der Waals surface area contributed by atoms with E-state index in [2.05, 4.69) is 15.5 Å². The van der Waals surface area contributed by atoms with Crippen molar-refractivity contribution in [2.75, 3.05) is 16.8 Å². The number of nitrogens with zero attached hydrogens (tertiary/aromatic N) is 4. The molecular formula is C17H13N5O5S. The highest BCUT2D eigenvalue weighted by Gasteiger charge is 2.35. The number of rotatable bonds is 5. The molecule has 28 heavy (non-hydrogen) atoms. The molecule has 10 nitrogen and oxygen atoms in total. The van der Waals surface area contributed by atoms with E-state index in [-0.39, 0.29) is 40.0 Å². The molecule has 0 radical (unpaired) electrons. The highest BCUT2D eigenvalue weighted by molar-refractivity contribution is 7.17. The molecule has 1 aliphatic rings. The van der Waals surface area contributed by atoms with Gasteiger partial charge in [-0.3, -0.25) is 25.0 Å². The van der Waals surface area contributed by atoms with Gasteiger partial charge in [0.25, 0.3) is 5.91 Å². The standard InChI is InChI=1S/C17H13N5O5S/c23-13-8-10(9-21(13)11-4-2-1-3-5-11)16-19-20-17(27-16)18-15(24)12-6-7-14(28-12)22(25)26/h1-7,10H,8-9H2,(H,18,20,24). The molecule has 2 aromatic heterocycles. The lowest BCUT2D eigenvalue weighted by Crippen LogP contribution is -2.24. The van der Waals surface area contributed by atoms with Crippen molar-refractivity contribution in [2.45, 2.75) is 12.3 Å². The molecule has 1 fully saturated rings. The third-order valence-corrected chi connectivity index (χ3v) is 5.23. The lowest BCUT2D eigenvalue weighted by molar-refractivity contribution is -0.380. The third-order valence-electron chi connectivity index (χ3n) is 4.20. The number of carbonyl (C=O) groups is 2. The first-order valence-electron chi connectivity index (χ1n) is 8.25. The second-order valence-corrected chi connectivity index (χ2v) is 7.10. The zero-order chi connectivity index (χ0) is 19.7. The largest absolute Gasteiger partial charge is 0.407 e. The first kappa shape index (κ1) is 17.8. The number of hydrogen-bond donors (Lipinski definition) is 1. The summed E-state index contributed by atoms with van der Waals surface area (Å²) in [7, 11) is 0. The van der Waals surface area contributed by atoms with Crippen LogP contribution >= 0.6 is 11.3 Å². The molecule has 1 saturated heterocycles. The second-order valence-electron chi connectivity index (χ2n) is 6.04. The maximum absolute atomic E-state index is 12.3. The number of hydrogen-bond acceptors (Lipinski definition) is 8. The van der Waals surface area contributed by atoms with Crippen molar-refractivity contribution < 1.29 is 18.9 Å². The smallest absolute Gasteiger partial charge is 0.324 e. The summed E-state index contributed by atoms with van der Waals surface area (Å²) in [6.07, 6.45) is 0.224. The Balaban J connectivity index is 1.43. The molecule has 0 aliphatic carbocycles. The Kier molecular flexibility index (Phi) is 4.57. The van der Waals surface area contributed by atoms with Crippen molar-refractivity contribution >= 4 is 39.9 Å². The molecule has 1 aliphatic heterocycles. The highest BCUT2D eigenvalue weighted by atomic mass is 32.1. The molecule has 3 aromatic rings. The van der Waals surface area contributed by atoms with Gasteiger partial charge in [0.1, 0.15) is 0 Å². The van der Waals surface area contributed by atoms with E-state index in [9.17, 15) is 19.7 Å². The van der Waals surface area contributed by atoms with E-state index in [1.165, 1.54) is 12.1 Å². The predicted molar refractivity (Wildman–Crippen MR) is 99.4 cm³/mol. The first-order valence-corrected chi connectivity index (χ1v) is 9.07. The van der Waals surface area contributed by atoms with Gasteiger partial charge in [0.05, 0.1) is 15.7 Å². The monoisotopic (exact) mass is 399 g/mol. The van der Waals surface area contributed by atoms with Crippen LogP contribution in [0.1, 0.15) is 27.9 Å². The fourth-order valence-corrected chi connectivity index (χ4v) is 3.60. The summed E-state index contributed by atoms with van der Waals surface area (Å²) in [4.78, 5) is 36.4. The quantitative estimate of drug-likeness (QED) is 0.515. The molecule has 142 valence electrons. The number of amides is 2. The SMILES string of the molecule is O=C(Nc1nnc(C2CC(=O)N(c3ccccc3)C2)o1)c1ccc([N+](=O)[O-])s1. The van der Waals surface area contributed by atoms with Crippen LogP contribution in [0.25, 0.3) is 0 Å². The lowest BCUT2D eigenvalue weighted by atomic mass is 10.1. The predicted octanol–water partition coefficient (Wildman–Crippen LogP) is 2.81. The van der Waals surface area contributed by atoms with E-state index < -0.39 is 10.8 Å². The number of nitro groups is 1. The van der Waals surface area contributed by atoms with Gasteiger partial charge in [0.15, 0.2) is 0 Å². The summed E-state index contributed by atoms with van der Waals surface area (Å²) in [6.45, 7) is 0.398. The van der Waals surface area contributed by atoms with Crippen molar-refractivity contribution in [1.82, 2.24) is 10.2 Å². The van der Waals surface area contributed by atoms with E-state index in [4.69, 9.17) is 4.42 Å². The van der Waals surface area contributed by atoms with Crippen LogP contribution in [0.2, 0.25) is 0 Å². The van der Waals surface area contributed by atoms with Crippen molar-refractivity contribution in [3.63, 3.8) is 0 Å². The van der Waals surface area contributed by atoms with Gasteiger partial charge in [-0.15, -0.1) is 5.10 Å². The molecule has 0 bridgehead atoms.